The second kappa shape index (κ2) is 10.4. The van der Waals surface area contributed by atoms with Crippen molar-refractivity contribution in [3.63, 3.8) is 0 Å². The summed E-state index contributed by atoms with van der Waals surface area (Å²) in [6.45, 7) is 2.60. The highest BCUT2D eigenvalue weighted by molar-refractivity contribution is 5.68. The van der Waals surface area contributed by atoms with Crippen LogP contribution in [0.2, 0.25) is 0 Å². The van der Waals surface area contributed by atoms with Gasteiger partial charge in [-0.2, -0.15) is 4.39 Å². The zero-order valence-electron chi connectivity index (χ0n) is 19.3. The van der Waals surface area contributed by atoms with Crippen molar-refractivity contribution in [2.75, 3.05) is 43.2 Å². The molecule has 5 heterocycles. The average molecular weight is 473 g/mol. The number of ether oxygens (including phenoxy) is 1. The maximum absolute atomic E-state index is 13.6. The van der Waals surface area contributed by atoms with E-state index in [1.54, 1.807) is 32.0 Å². The fraction of sp³-hybridized carbons (Fsp3) is 0.240. The Bertz CT molecular complexity index is 1260. The van der Waals surface area contributed by atoms with E-state index in [1.165, 1.54) is 12.3 Å². The van der Waals surface area contributed by atoms with Crippen LogP contribution >= 0.6 is 0 Å². The van der Waals surface area contributed by atoms with Gasteiger partial charge in [0, 0.05) is 81.2 Å². The number of aromatic nitrogens is 6. The van der Waals surface area contributed by atoms with Crippen LogP contribution in [0.1, 0.15) is 11.1 Å². The van der Waals surface area contributed by atoms with Gasteiger partial charge in [-0.1, -0.05) is 12.2 Å². The fourth-order valence-electron chi connectivity index (χ4n) is 4.08. The Morgan fingerprint density at radius 1 is 1.00 bits per heavy atom. The van der Waals surface area contributed by atoms with Gasteiger partial charge in [-0.3, -0.25) is 4.57 Å². The number of hydrogen-bond acceptors (Lipinski definition) is 8. The number of halogens is 1. The lowest BCUT2D eigenvalue weighted by molar-refractivity contribution is 0.173. The molecular formula is C25H25FN8O. The molecule has 1 fully saturated rings. The van der Waals surface area contributed by atoms with Crippen LogP contribution < -0.4 is 9.80 Å². The van der Waals surface area contributed by atoms with Gasteiger partial charge in [-0.15, -0.1) is 0 Å². The number of hydrogen-bond donors (Lipinski definition) is 0. The molecule has 0 unspecified atom stereocenters. The average Bonchev–Trinajstić information content (AvgIpc) is 3.44. The van der Waals surface area contributed by atoms with Gasteiger partial charge in [0.1, 0.15) is 12.1 Å². The third kappa shape index (κ3) is 5.33. The Morgan fingerprint density at radius 2 is 1.83 bits per heavy atom. The maximum atomic E-state index is 13.6. The van der Waals surface area contributed by atoms with Crippen LogP contribution in [0.25, 0.3) is 18.0 Å². The molecule has 1 aliphatic heterocycles. The highest BCUT2D eigenvalue weighted by Gasteiger charge is 2.29. The van der Waals surface area contributed by atoms with Crippen LogP contribution in [0.4, 0.5) is 16.0 Å². The standard InChI is InChI=1S/C25H25FN8O/c1-35-17-22-16-32(21-6-7-28-23(26)12-21)10-11-34(22)25-30-14-20(15-31-25)3-2-19-4-5-24(29-13-19)33-9-8-27-18-33/h2-9,12-15,18,22H,10-11,16-17H2,1H3/b3-2+/t22-/m1/s1. The first-order chi connectivity index (χ1) is 17.2. The number of anilines is 2. The molecule has 0 aromatic carbocycles. The van der Waals surface area contributed by atoms with E-state index in [0.29, 0.717) is 25.6 Å². The SMILES string of the molecule is COC[C@H]1CN(c2ccnc(F)c2)CCN1c1ncc(/C=C/c2ccc(-n3ccnc3)nc2)cn1. The smallest absolute Gasteiger partial charge is 0.225 e. The molecule has 0 saturated carbocycles. The van der Waals surface area contributed by atoms with Gasteiger partial charge in [0.2, 0.25) is 11.9 Å². The highest BCUT2D eigenvalue weighted by Crippen LogP contribution is 2.22. The lowest BCUT2D eigenvalue weighted by Crippen LogP contribution is -2.55. The summed E-state index contributed by atoms with van der Waals surface area (Å²) < 4.78 is 20.9. The van der Waals surface area contributed by atoms with E-state index in [-0.39, 0.29) is 6.04 Å². The molecule has 0 aliphatic carbocycles. The summed E-state index contributed by atoms with van der Waals surface area (Å²) in [5.74, 6) is 0.980. The Hall–Kier alpha value is -4.18. The maximum Gasteiger partial charge on any atom is 0.225 e. The summed E-state index contributed by atoms with van der Waals surface area (Å²) in [5.41, 5.74) is 2.68. The summed E-state index contributed by atoms with van der Waals surface area (Å²) in [6, 6.07) is 7.25. The number of methoxy groups -OCH3 is 1. The topological polar surface area (TPSA) is 85.1 Å². The predicted octanol–water partition coefficient (Wildman–Crippen LogP) is 3.10. The van der Waals surface area contributed by atoms with Gasteiger partial charge in [0.05, 0.1) is 12.6 Å². The minimum atomic E-state index is -0.481. The van der Waals surface area contributed by atoms with Crippen molar-refractivity contribution in [2.24, 2.45) is 0 Å². The van der Waals surface area contributed by atoms with Gasteiger partial charge in [0.25, 0.3) is 0 Å². The molecule has 178 valence electrons. The lowest BCUT2D eigenvalue weighted by atomic mass is 10.1. The lowest BCUT2D eigenvalue weighted by Gasteiger charge is -2.42. The van der Waals surface area contributed by atoms with E-state index in [0.717, 1.165) is 29.2 Å². The first-order valence-corrected chi connectivity index (χ1v) is 11.3. The molecule has 0 N–H and O–H groups in total. The minimum Gasteiger partial charge on any atom is -0.382 e. The molecule has 5 rings (SSSR count). The number of pyridine rings is 2. The van der Waals surface area contributed by atoms with Gasteiger partial charge in [0.15, 0.2) is 0 Å². The van der Waals surface area contributed by atoms with Crippen molar-refractivity contribution >= 4 is 23.8 Å². The monoisotopic (exact) mass is 472 g/mol. The van der Waals surface area contributed by atoms with Crippen molar-refractivity contribution in [2.45, 2.75) is 6.04 Å². The van der Waals surface area contributed by atoms with E-state index in [9.17, 15) is 4.39 Å². The molecule has 4 aromatic heterocycles. The van der Waals surface area contributed by atoms with Crippen molar-refractivity contribution in [1.82, 2.24) is 29.5 Å². The molecule has 0 radical (unpaired) electrons. The molecule has 1 saturated heterocycles. The third-order valence-corrected chi connectivity index (χ3v) is 5.84. The second-order valence-corrected chi connectivity index (χ2v) is 8.15. The quantitative estimate of drug-likeness (QED) is 0.380. The van der Waals surface area contributed by atoms with Crippen molar-refractivity contribution in [3.05, 3.63) is 84.8 Å². The molecule has 1 atom stereocenters. The minimum absolute atomic E-state index is 0.0338. The molecule has 4 aromatic rings. The van der Waals surface area contributed by atoms with E-state index in [4.69, 9.17) is 4.74 Å². The summed E-state index contributed by atoms with van der Waals surface area (Å²) in [6.07, 6.45) is 16.1. The molecule has 0 amide bonds. The Kier molecular flexibility index (Phi) is 6.71. The molecule has 1 aliphatic rings. The zero-order valence-corrected chi connectivity index (χ0v) is 19.3. The van der Waals surface area contributed by atoms with E-state index in [1.807, 2.05) is 47.3 Å². The van der Waals surface area contributed by atoms with Gasteiger partial charge in [-0.25, -0.2) is 24.9 Å². The van der Waals surface area contributed by atoms with Crippen LogP contribution in [0.5, 0.6) is 0 Å². The van der Waals surface area contributed by atoms with Crippen molar-refractivity contribution < 1.29 is 9.13 Å². The molecule has 0 bridgehead atoms. The summed E-state index contributed by atoms with van der Waals surface area (Å²) in [7, 11) is 1.68. The Labute approximate surface area is 202 Å². The third-order valence-electron chi connectivity index (χ3n) is 5.84. The fourth-order valence-corrected chi connectivity index (χ4v) is 4.08. The zero-order chi connectivity index (χ0) is 24.0. The first kappa shape index (κ1) is 22.6. The number of piperazine rings is 1. The van der Waals surface area contributed by atoms with Crippen molar-refractivity contribution in [3.8, 4) is 5.82 Å². The molecular weight excluding hydrogens is 447 g/mol. The second-order valence-electron chi connectivity index (χ2n) is 8.15. The van der Waals surface area contributed by atoms with Crippen LogP contribution in [0, 0.1) is 5.95 Å². The van der Waals surface area contributed by atoms with Crippen LogP contribution in [-0.2, 0) is 4.74 Å². The summed E-state index contributed by atoms with van der Waals surface area (Å²) in [5, 5.41) is 0. The normalized spacial score (nSPS) is 16.2. The van der Waals surface area contributed by atoms with Crippen LogP contribution in [0.3, 0.4) is 0 Å². The Morgan fingerprint density at radius 3 is 2.54 bits per heavy atom. The van der Waals surface area contributed by atoms with Crippen LogP contribution in [0.15, 0.2) is 67.8 Å². The number of imidazole rings is 1. The first-order valence-electron chi connectivity index (χ1n) is 11.3. The van der Waals surface area contributed by atoms with E-state index in [2.05, 4.69) is 34.7 Å². The van der Waals surface area contributed by atoms with Gasteiger partial charge >= 0.3 is 0 Å². The highest BCUT2D eigenvalue weighted by atomic mass is 19.1. The van der Waals surface area contributed by atoms with E-state index < -0.39 is 5.95 Å². The largest absolute Gasteiger partial charge is 0.382 e. The van der Waals surface area contributed by atoms with Crippen LogP contribution in [-0.4, -0.2) is 68.9 Å². The molecule has 10 heteroatoms. The van der Waals surface area contributed by atoms with Crippen molar-refractivity contribution in [1.29, 1.82) is 0 Å². The molecule has 0 spiro atoms. The summed E-state index contributed by atoms with van der Waals surface area (Å²) in [4.78, 5) is 25.6. The predicted molar refractivity (Wildman–Crippen MR) is 132 cm³/mol. The molecule has 35 heavy (non-hydrogen) atoms. The van der Waals surface area contributed by atoms with Gasteiger partial charge in [-0.05, 0) is 23.8 Å². The summed E-state index contributed by atoms with van der Waals surface area (Å²) >= 11 is 0. The Balaban J connectivity index is 1.25. The van der Waals surface area contributed by atoms with E-state index >= 15 is 0 Å². The number of rotatable bonds is 7. The van der Waals surface area contributed by atoms with Gasteiger partial charge < -0.3 is 14.5 Å². The number of nitrogens with zero attached hydrogens (tertiary/aromatic N) is 8. The molecule has 9 nitrogen and oxygen atoms in total.